The van der Waals surface area contributed by atoms with E-state index in [0.29, 0.717) is 13.1 Å². The van der Waals surface area contributed by atoms with Crippen molar-refractivity contribution < 1.29 is 39.7 Å². The van der Waals surface area contributed by atoms with E-state index in [1.807, 2.05) is 0 Å². The lowest BCUT2D eigenvalue weighted by Gasteiger charge is -2.39. The van der Waals surface area contributed by atoms with Crippen molar-refractivity contribution in [2.24, 2.45) is 5.73 Å². The third kappa shape index (κ3) is 4.85. The predicted octanol–water partition coefficient (Wildman–Crippen LogP) is -1.42. The summed E-state index contributed by atoms with van der Waals surface area (Å²) in [6.07, 6.45) is -0.304. The lowest BCUT2D eigenvalue weighted by Crippen LogP contribution is -2.58. The number of nitrogens with two attached hydrogens (primary N) is 1. The molecule has 1 unspecified atom stereocenters. The Kier molecular flexibility index (Phi) is 6.43. The van der Waals surface area contributed by atoms with Crippen molar-refractivity contribution in [2.75, 3.05) is 19.6 Å². The molecule has 1 aromatic rings. The van der Waals surface area contributed by atoms with E-state index in [1.54, 1.807) is 4.90 Å². The number of nitrogens with zero attached hydrogens (tertiary/aromatic N) is 1. The normalized spacial score (nSPS) is 16.0. The molecule has 1 atom stereocenters. The fourth-order valence-electron chi connectivity index (χ4n) is 2.69. The van der Waals surface area contributed by atoms with Gasteiger partial charge in [-0.1, -0.05) is 6.07 Å². The zero-order valence-corrected chi connectivity index (χ0v) is 13.9. The number of hydrogen-bond acceptors (Lipinski definition) is 8. The molecule has 26 heavy (non-hydrogen) atoms. The number of aromatic hydroxyl groups is 1. The maximum absolute atomic E-state index is 11.5. The Bertz CT molecular complexity index is 678. The van der Waals surface area contributed by atoms with Gasteiger partial charge < -0.3 is 35.8 Å². The summed E-state index contributed by atoms with van der Waals surface area (Å²) in [6, 6.07) is 1.88. The molecule has 1 aliphatic rings. The minimum atomic E-state index is -1.56. The van der Waals surface area contributed by atoms with E-state index >= 15 is 0 Å². The molecule has 1 saturated heterocycles. The first-order valence-electron chi connectivity index (χ1n) is 8.00. The van der Waals surface area contributed by atoms with Crippen molar-refractivity contribution >= 4 is 19.1 Å². The SMILES string of the molecule is NC(CN1CC(Oc2ccc(CCB(O)O)c(O)c2C(=O)O)C1)C(=O)O. The second kappa shape index (κ2) is 8.36. The fourth-order valence-corrected chi connectivity index (χ4v) is 2.69. The maximum atomic E-state index is 11.5. The van der Waals surface area contributed by atoms with E-state index in [0.717, 1.165) is 0 Å². The van der Waals surface area contributed by atoms with Crippen LogP contribution in [0.5, 0.6) is 11.5 Å². The monoisotopic (exact) mass is 368 g/mol. The van der Waals surface area contributed by atoms with Gasteiger partial charge in [0, 0.05) is 19.6 Å². The molecule has 10 nitrogen and oxygen atoms in total. The van der Waals surface area contributed by atoms with Crippen molar-refractivity contribution in [1.82, 2.24) is 4.90 Å². The summed E-state index contributed by atoms with van der Waals surface area (Å²) in [5.41, 5.74) is 5.32. The van der Waals surface area contributed by atoms with Crippen LogP contribution < -0.4 is 10.5 Å². The predicted molar refractivity (Wildman–Crippen MR) is 90.2 cm³/mol. The smallest absolute Gasteiger partial charge is 0.451 e. The molecule has 0 saturated carbocycles. The third-order valence-corrected chi connectivity index (χ3v) is 4.10. The van der Waals surface area contributed by atoms with Crippen LogP contribution in [0.2, 0.25) is 6.32 Å². The van der Waals surface area contributed by atoms with E-state index in [4.69, 9.17) is 25.6 Å². The summed E-state index contributed by atoms with van der Waals surface area (Å²) in [4.78, 5) is 24.0. The largest absolute Gasteiger partial charge is 0.507 e. The average Bonchev–Trinajstić information content (AvgIpc) is 2.51. The number of aliphatic carboxylic acids is 1. The van der Waals surface area contributed by atoms with Crippen LogP contribution in [0.4, 0.5) is 0 Å². The second-order valence-electron chi connectivity index (χ2n) is 6.17. The fraction of sp³-hybridized carbons (Fsp3) is 0.467. The standard InChI is InChI=1S/C15H21BN2O8/c17-10(14(20)21)7-18-5-9(6-18)26-11-2-1-8(3-4-16(24)25)13(19)12(11)15(22)23/h1-2,9-10,19,24-25H,3-7,17H2,(H,20,21)(H,22,23). The van der Waals surface area contributed by atoms with Gasteiger partial charge in [-0.3, -0.25) is 9.69 Å². The van der Waals surface area contributed by atoms with Crippen molar-refractivity contribution in [3.05, 3.63) is 23.3 Å². The first-order valence-corrected chi connectivity index (χ1v) is 8.00. The van der Waals surface area contributed by atoms with Crippen LogP contribution in [-0.4, -0.2) is 81.1 Å². The molecular weight excluding hydrogens is 347 g/mol. The molecule has 142 valence electrons. The van der Waals surface area contributed by atoms with Gasteiger partial charge >= 0.3 is 19.1 Å². The molecule has 1 heterocycles. The van der Waals surface area contributed by atoms with Gasteiger partial charge in [0.1, 0.15) is 29.2 Å². The summed E-state index contributed by atoms with van der Waals surface area (Å²) in [5.74, 6) is -2.95. The molecule has 1 fully saturated rings. The summed E-state index contributed by atoms with van der Waals surface area (Å²) in [5, 5.41) is 46.1. The van der Waals surface area contributed by atoms with Gasteiger partial charge in [-0.15, -0.1) is 0 Å². The summed E-state index contributed by atoms with van der Waals surface area (Å²) in [7, 11) is -1.56. The van der Waals surface area contributed by atoms with Crippen LogP contribution in [0.3, 0.4) is 0 Å². The molecule has 7 N–H and O–H groups in total. The summed E-state index contributed by atoms with van der Waals surface area (Å²) >= 11 is 0. The third-order valence-electron chi connectivity index (χ3n) is 4.10. The van der Waals surface area contributed by atoms with Crippen LogP contribution in [0.25, 0.3) is 0 Å². The van der Waals surface area contributed by atoms with Crippen LogP contribution >= 0.6 is 0 Å². The number of likely N-dealkylation sites (tertiary alicyclic amines) is 1. The molecule has 2 rings (SSSR count). The Morgan fingerprint density at radius 2 is 1.96 bits per heavy atom. The van der Waals surface area contributed by atoms with Crippen LogP contribution in [-0.2, 0) is 11.2 Å². The number of carboxylic acid groups (broad SMARTS) is 2. The van der Waals surface area contributed by atoms with Gasteiger partial charge in [-0.25, -0.2) is 4.79 Å². The molecule has 1 aromatic carbocycles. The van der Waals surface area contributed by atoms with E-state index < -0.39 is 36.4 Å². The van der Waals surface area contributed by atoms with Gasteiger partial charge in [0.2, 0.25) is 0 Å². The zero-order chi connectivity index (χ0) is 19.4. The number of aromatic carboxylic acids is 1. The maximum Gasteiger partial charge on any atom is 0.451 e. The van der Waals surface area contributed by atoms with Gasteiger partial charge in [-0.05, 0) is 24.4 Å². The Morgan fingerprint density at radius 3 is 2.50 bits per heavy atom. The van der Waals surface area contributed by atoms with E-state index in [-0.39, 0.29) is 36.7 Å². The minimum Gasteiger partial charge on any atom is -0.507 e. The van der Waals surface area contributed by atoms with Crippen molar-refractivity contribution in [1.29, 1.82) is 0 Å². The van der Waals surface area contributed by atoms with Gasteiger partial charge in [0.25, 0.3) is 0 Å². The summed E-state index contributed by atoms with van der Waals surface area (Å²) < 4.78 is 5.61. The topological polar surface area (TPSA) is 174 Å². The Hall–Kier alpha value is -2.34. The summed E-state index contributed by atoms with van der Waals surface area (Å²) in [6.45, 7) is 0.938. The Balaban J connectivity index is 2.03. The Labute approximate surface area is 149 Å². The van der Waals surface area contributed by atoms with Crippen molar-refractivity contribution in [3.8, 4) is 11.5 Å². The van der Waals surface area contributed by atoms with E-state index in [9.17, 15) is 19.8 Å². The van der Waals surface area contributed by atoms with Crippen LogP contribution in [0.1, 0.15) is 15.9 Å². The first-order chi connectivity index (χ1) is 12.2. The number of benzene rings is 1. The van der Waals surface area contributed by atoms with Gasteiger partial charge in [-0.2, -0.15) is 0 Å². The number of carbonyl (C=O) groups is 2. The highest BCUT2D eigenvalue weighted by molar-refractivity contribution is 6.41. The van der Waals surface area contributed by atoms with Crippen molar-refractivity contribution in [2.45, 2.75) is 24.9 Å². The number of rotatable bonds is 9. The second-order valence-corrected chi connectivity index (χ2v) is 6.17. The van der Waals surface area contributed by atoms with Crippen LogP contribution in [0, 0.1) is 0 Å². The van der Waals surface area contributed by atoms with Gasteiger partial charge in [0.05, 0.1) is 0 Å². The number of aryl methyl sites for hydroxylation is 1. The Morgan fingerprint density at radius 1 is 1.31 bits per heavy atom. The molecule has 0 spiro atoms. The number of hydrogen-bond donors (Lipinski definition) is 6. The molecule has 0 aliphatic carbocycles. The lowest BCUT2D eigenvalue weighted by molar-refractivity contribution is -0.139. The number of phenols is 1. The number of carboxylic acids is 2. The molecule has 1 aliphatic heterocycles. The molecule has 0 radical (unpaired) electrons. The molecule has 11 heteroatoms. The highest BCUT2D eigenvalue weighted by atomic mass is 16.5. The van der Waals surface area contributed by atoms with Gasteiger partial charge in [0.15, 0.2) is 0 Å². The van der Waals surface area contributed by atoms with E-state index in [1.165, 1.54) is 12.1 Å². The van der Waals surface area contributed by atoms with E-state index in [2.05, 4.69) is 0 Å². The number of ether oxygens (including phenoxy) is 1. The lowest BCUT2D eigenvalue weighted by atomic mass is 9.82. The minimum absolute atomic E-state index is 0.00419. The highest BCUT2D eigenvalue weighted by Crippen LogP contribution is 2.33. The first kappa shape index (κ1) is 20.0. The average molecular weight is 368 g/mol. The molecule has 0 amide bonds. The highest BCUT2D eigenvalue weighted by Gasteiger charge is 2.32. The molecule has 0 aromatic heterocycles. The quantitative estimate of drug-likeness (QED) is 0.284. The molecular formula is C15H21BN2O8. The van der Waals surface area contributed by atoms with Crippen LogP contribution in [0.15, 0.2) is 12.1 Å². The van der Waals surface area contributed by atoms with Crippen molar-refractivity contribution in [3.63, 3.8) is 0 Å². The molecule has 0 bridgehead atoms. The zero-order valence-electron chi connectivity index (χ0n) is 13.9.